The molecule has 4 nitrogen and oxygen atoms in total. The molecule has 16 heavy (non-hydrogen) atoms. The van der Waals surface area contributed by atoms with E-state index in [0.717, 1.165) is 18.5 Å². The molecule has 0 atom stereocenters. The van der Waals surface area contributed by atoms with Crippen LogP contribution in [-0.4, -0.2) is 26.2 Å². The highest BCUT2D eigenvalue weighted by Crippen LogP contribution is 2.42. The fourth-order valence-corrected chi connectivity index (χ4v) is 4.14. The molecule has 0 bridgehead atoms. The third-order valence-electron chi connectivity index (χ3n) is 3.18. The second kappa shape index (κ2) is 4.09. The van der Waals surface area contributed by atoms with Gasteiger partial charge in [-0.25, -0.2) is 13.4 Å². The van der Waals surface area contributed by atoms with Gasteiger partial charge in [0.1, 0.15) is 10.8 Å². The highest BCUT2D eigenvalue weighted by atomic mass is 32.2. The van der Waals surface area contributed by atoms with Crippen LogP contribution in [0.4, 0.5) is 0 Å². The van der Waals surface area contributed by atoms with Crippen molar-refractivity contribution < 1.29 is 8.42 Å². The number of aromatic nitrogens is 1. The summed E-state index contributed by atoms with van der Waals surface area (Å²) in [5, 5.41) is 2.64. The Morgan fingerprint density at radius 2 is 2.25 bits per heavy atom. The first-order valence-corrected chi connectivity index (χ1v) is 8.22. The van der Waals surface area contributed by atoms with Gasteiger partial charge in [-0.3, -0.25) is 0 Å². The van der Waals surface area contributed by atoms with Crippen LogP contribution in [-0.2, 0) is 21.0 Å². The van der Waals surface area contributed by atoms with Gasteiger partial charge in [-0.05, 0) is 12.8 Å². The number of nitrogens with zero attached hydrogens (tertiary/aromatic N) is 1. The van der Waals surface area contributed by atoms with Crippen LogP contribution < -0.4 is 5.73 Å². The molecule has 90 valence electrons. The maximum absolute atomic E-state index is 11.2. The van der Waals surface area contributed by atoms with E-state index < -0.39 is 9.84 Å². The van der Waals surface area contributed by atoms with E-state index in [1.165, 1.54) is 24.0 Å². The molecule has 1 aromatic rings. The first kappa shape index (κ1) is 12.0. The van der Waals surface area contributed by atoms with Crippen LogP contribution >= 0.6 is 11.3 Å². The second-order valence-electron chi connectivity index (χ2n) is 4.53. The summed E-state index contributed by atoms with van der Waals surface area (Å²) >= 11 is 1.42. The molecule has 1 aliphatic carbocycles. The maximum atomic E-state index is 11.2. The molecule has 1 heterocycles. The summed E-state index contributed by atoms with van der Waals surface area (Å²) in [5.41, 5.74) is 6.81. The van der Waals surface area contributed by atoms with Crippen LogP contribution in [0.15, 0.2) is 5.38 Å². The maximum Gasteiger partial charge on any atom is 0.153 e. The number of hydrogen-bond donors (Lipinski definition) is 1. The third-order valence-corrected chi connectivity index (χ3v) is 5.01. The van der Waals surface area contributed by atoms with Gasteiger partial charge in [-0.1, -0.05) is 6.42 Å². The molecule has 0 radical (unpaired) electrons. The molecule has 0 spiro atoms. The quantitative estimate of drug-likeness (QED) is 0.879. The van der Waals surface area contributed by atoms with Crippen LogP contribution in [0.1, 0.15) is 30.0 Å². The zero-order valence-electron chi connectivity index (χ0n) is 9.27. The van der Waals surface area contributed by atoms with Gasteiger partial charge < -0.3 is 5.73 Å². The minimum absolute atomic E-state index is 0.0340. The van der Waals surface area contributed by atoms with Crippen molar-refractivity contribution in [2.24, 2.45) is 5.73 Å². The normalized spacial score (nSPS) is 19.4. The third kappa shape index (κ3) is 2.28. The molecule has 1 saturated carbocycles. The first-order chi connectivity index (χ1) is 7.45. The molecule has 1 fully saturated rings. The summed E-state index contributed by atoms with van der Waals surface area (Å²) in [7, 11) is -2.99. The van der Waals surface area contributed by atoms with Crippen molar-refractivity contribution in [3.63, 3.8) is 0 Å². The summed E-state index contributed by atoms with van der Waals surface area (Å²) in [6, 6.07) is 0. The molecule has 0 unspecified atom stereocenters. The van der Waals surface area contributed by atoms with Crippen LogP contribution in [0.2, 0.25) is 0 Å². The van der Waals surface area contributed by atoms with Gasteiger partial charge in [0, 0.05) is 23.6 Å². The van der Waals surface area contributed by atoms with Crippen molar-refractivity contribution in [2.45, 2.75) is 30.4 Å². The SMILES string of the molecule is CS(=O)(=O)Cc1nc(C2(CN)CCC2)cs1. The van der Waals surface area contributed by atoms with Gasteiger partial charge in [-0.15, -0.1) is 11.3 Å². The standard InChI is InChI=1S/C10H16N2O2S2/c1-16(13,14)6-9-12-8(5-15-9)10(7-11)3-2-4-10/h5H,2-4,6-7,11H2,1H3. The van der Waals surface area contributed by atoms with Gasteiger partial charge in [0.15, 0.2) is 9.84 Å². The Labute approximate surface area is 99.8 Å². The Bertz CT molecular complexity index is 469. The van der Waals surface area contributed by atoms with Crippen molar-refractivity contribution in [3.8, 4) is 0 Å². The lowest BCUT2D eigenvalue weighted by atomic mass is 9.67. The van der Waals surface area contributed by atoms with Gasteiger partial charge in [0.2, 0.25) is 0 Å². The van der Waals surface area contributed by atoms with Crippen LogP contribution in [0, 0.1) is 0 Å². The van der Waals surface area contributed by atoms with E-state index in [0.29, 0.717) is 11.6 Å². The minimum Gasteiger partial charge on any atom is -0.330 e. The number of thiazole rings is 1. The Balaban J connectivity index is 2.19. The van der Waals surface area contributed by atoms with Crippen molar-refractivity contribution in [2.75, 3.05) is 12.8 Å². The molecule has 0 saturated heterocycles. The summed E-state index contributed by atoms with van der Waals surface area (Å²) in [6.07, 6.45) is 4.57. The summed E-state index contributed by atoms with van der Waals surface area (Å²) in [5.74, 6) is 0.0400. The van der Waals surface area contributed by atoms with Crippen molar-refractivity contribution in [1.82, 2.24) is 4.98 Å². The smallest absolute Gasteiger partial charge is 0.153 e. The molecular formula is C10H16N2O2S2. The topological polar surface area (TPSA) is 73.0 Å². The monoisotopic (exact) mass is 260 g/mol. The van der Waals surface area contributed by atoms with Crippen LogP contribution in [0.25, 0.3) is 0 Å². The van der Waals surface area contributed by atoms with Gasteiger partial charge >= 0.3 is 0 Å². The molecule has 6 heteroatoms. The van der Waals surface area contributed by atoms with E-state index in [-0.39, 0.29) is 11.2 Å². The number of hydrogen-bond acceptors (Lipinski definition) is 5. The van der Waals surface area contributed by atoms with E-state index in [4.69, 9.17) is 5.73 Å². The Hall–Kier alpha value is -0.460. The number of rotatable bonds is 4. The molecular weight excluding hydrogens is 244 g/mol. The first-order valence-electron chi connectivity index (χ1n) is 5.28. The molecule has 2 rings (SSSR count). The Morgan fingerprint density at radius 1 is 1.56 bits per heavy atom. The summed E-state index contributed by atoms with van der Waals surface area (Å²) < 4.78 is 22.3. The fourth-order valence-electron chi connectivity index (χ4n) is 2.01. The second-order valence-corrected chi connectivity index (χ2v) is 7.62. The molecule has 0 aliphatic heterocycles. The van der Waals surface area contributed by atoms with E-state index in [2.05, 4.69) is 4.98 Å². The van der Waals surface area contributed by atoms with Crippen molar-refractivity contribution in [1.29, 1.82) is 0 Å². The van der Waals surface area contributed by atoms with Crippen LogP contribution in [0.3, 0.4) is 0 Å². The average molecular weight is 260 g/mol. The molecule has 0 aromatic carbocycles. The van der Waals surface area contributed by atoms with Crippen molar-refractivity contribution >= 4 is 21.2 Å². The molecule has 2 N–H and O–H groups in total. The Morgan fingerprint density at radius 3 is 2.69 bits per heavy atom. The Kier molecular flexibility index (Phi) is 3.07. The van der Waals surface area contributed by atoms with E-state index in [1.54, 1.807) is 0 Å². The van der Waals surface area contributed by atoms with Gasteiger partial charge in [0.05, 0.1) is 5.69 Å². The van der Waals surface area contributed by atoms with Crippen molar-refractivity contribution in [3.05, 3.63) is 16.1 Å². The molecule has 1 aromatic heterocycles. The summed E-state index contributed by atoms with van der Waals surface area (Å²) in [6.45, 7) is 0.606. The number of sulfone groups is 1. The van der Waals surface area contributed by atoms with E-state index in [1.807, 2.05) is 5.38 Å². The highest BCUT2D eigenvalue weighted by Gasteiger charge is 2.39. The number of nitrogens with two attached hydrogens (primary N) is 1. The van der Waals surface area contributed by atoms with Crippen LogP contribution in [0.5, 0.6) is 0 Å². The van der Waals surface area contributed by atoms with E-state index >= 15 is 0 Å². The molecule has 0 amide bonds. The van der Waals surface area contributed by atoms with Gasteiger partial charge in [0.25, 0.3) is 0 Å². The molecule has 1 aliphatic rings. The predicted octanol–water partition coefficient (Wildman–Crippen LogP) is 1.07. The van der Waals surface area contributed by atoms with Gasteiger partial charge in [-0.2, -0.15) is 0 Å². The zero-order valence-corrected chi connectivity index (χ0v) is 10.9. The van der Waals surface area contributed by atoms with E-state index in [9.17, 15) is 8.42 Å². The zero-order chi connectivity index (χ0) is 11.8. The average Bonchev–Trinajstić information content (AvgIpc) is 2.49. The predicted molar refractivity (Wildman–Crippen MR) is 65.2 cm³/mol. The fraction of sp³-hybridized carbons (Fsp3) is 0.700. The lowest BCUT2D eigenvalue weighted by Gasteiger charge is -2.39. The lowest BCUT2D eigenvalue weighted by Crippen LogP contribution is -2.41. The highest BCUT2D eigenvalue weighted by molar-refractivity contribution is 7.90. The lowest BCUT2D eigenvalue weighted by molar-refractivity contribution is 0.247. The summed E-state index contributed by atoms with van der Waals surface area (Å²) in [4.78, 5) is 4.42. The largest absolute Gasteiger partial charge is 0.330 e. The minimum atomic E-state index is -2.99.